The van der Waals surface area contributed by atoms with E-state index >= 15 is 0 Å². The summed E-state index contributed by atoms with van der Waals surface area (Å²) in [5.74, 6) is 0.910. The van der Waals surface area contributed by atoms with Gasteiger partial charge in [0, 0.05) is 16.5 Å². The molecule has 1 aliphatic rings. The second kappa shape index (κ2) is 6.22. The van der Waals surface area contributed by atoms with E-state index in [1.807, 2.05) is 13.8 Å². The number of ether oxygens (including phenoxy) is 2. The Labute approximate surface area is 133 Å². The molecule has 1 aromatic carbocycles. The average Bonchev–Trinajstić information content (AvgIpc) is 2.61. The molecule has 0 saturated carbocycles. The minimum absolute atomic E-state index is 0.00235. The van der Waals surface area contributed by atoms with Crippen molar-refractivity contribution >= 4 is 27.5 Å². The van der Waals surface area contributed by atoms with Crippen LogP contribution in [-0.4, -0.2) is 24.4 Å². The number of hydrogen-bond donors (Lipinski definition) is 1. The predicted molar refractivity (Wildman–Crippen MR) is 83.3 cm³/mol. The highest BCUT2D eigenvalue weighted by Crippen LogP contribution is 2.45. The predicted octanol–water partition coefficient (Wildman–Crippen LogP) is 4.20. The lowest BCUT2D eigenvalue weighted by molar-refractivity contribution is 0.0224. The van der Waals surface area contributed by atoms with E-state index in [1.54, 1.807) is 19.2 Å². The summed E-state index contributed by atoms with van der Waals surface area (Å²) in [6, 6.07) is 3.52. The van der Waals surface area contributed by atoms with Crippen molar-refractivity contribution in [3.8, 4) is 5.75 Å². The van der Waals surface area contributed by atoms with E-state index in [1.165, 1.54) is 0 Å². The summed E-state index contributed by atoms with van der Waals surface area (Å²) in [6.45, 7) is 6.15. The van der Waals surface area contributed by atoms with E-state index in [2.05, 4.69) is 22.9 Å². The summed E-state index contributed by atoms with van der Waals surface area (Å²) >= 11 is 9.53. The second-order valence-electron chi connectivity index (χ2n) is 5.44. The molecule has 1 aromatic rings. The van der Waals surface area contributed by atoms with Crippen molar-refractivity contribution in [3.05, 3.63) is 27.2 Å². The molecule has 3 nitrogen and oxygen atoms in total. The fourth-order valence-corrected chi connectivity index (χ4v) is 4.06. The third-order valence-corrected chi connectivity index (χ3v) is 5.05. The molecule has 0 aliphatic carbocycles. The minimum Gasteiger partial charge on any atom is -0.495 e. The van der Waals surface area contributed by atoms with Crippen LogP contribution in [0.4, 0.5) is 0 Å². The normalized spacial score (nSPS) is 31.4. The summed E-state index contributed by atoms with van der Waals surface area (Å²) in [4.78, 5) is 0. The summed E-state index contributed by atoms with van der Waals surface area (Å²) < 4.78 is 12.0. The van der Waals surface area contributed by atoms with Gasteiger partial charge < -0.3 is 14.6 Å². The molecule has 5 atom stereocenters. The van der Waals surface area contributed by atoms with Crippen LogP contribution in [0.25, 0.3) is 0 Å². The van der Waals surface area contributed by atoms with E-state index < -0.39 is 6.10 Å². The van der Waals surface area contributed by atoms with Crippen LogP contribution >= 0.6 is 27.5 Å². The van der Waals surface area contributed by atoms with E-state index in [4.69, 9.17) is 21.1 Å². The van der Waals surface area contributed by atoms with Crippen molar-refractivity contribution < 1.29 is 14.6 Å². The molecular weight excluding hydrogens is 344 g/mol. The largest absolute Gasteiger partial charge is 0.495 e. The van der Waals surface area contributed by atoms with Gasteiger partial charge in [-0.1, -0.05) is 18.5 Å². The summed E-state index contributed by atoms with van der Waals surface area (Å²) in [5, 5.41) is 11.4. The highest BCUT2D eigenvalue weighted by molar-refractivity contribution is 9.10. The molecule has 2 rings (SSSR count). The number of hydrogen-bond acceptors (Lipinski definition) is 3. The summed E-state index contributed by atoms with van der Waals surface area (Å²) in [6.07, 6.45) is -0.536. The van der Waals surface area contributed by atoms with Gasteiger partial charge in [-0.15, -0.1) is 0 Å². The first-order valence-corrected chi connectivity index (χ1v) is 7.90. The lowest BCUT2D eigenvalue weighted by atomic mass is 9.82. The van der Waals surface area contributed by atoms with E-state index in [9.17, 15) is 5.11 Å². The number of methoxy groups -OCH3 is 1. The molecule has 1 aliphatic heterocycles. The van der Waals surface area contributed by atoms with Gasteiger partial charge in [-0.3, -0.25) is 0 Å². The monoisotopic (exact) mass is 362 g/mol. The second-order valence-corrected chi connectivity index (χ2v) is 6.73. The molecule has 1 saturated heterocycles. The Morgan fingerprint density at radius 2 is 1.95 bits per heavy atom. The van der Waals surface area contributed by atoms with E-state index in [0.717, 1.165) is 4.47 Å². The lowest BCUT2D eigenvalue weighted by Gasteiger charge is -2.26. The van der Waals surface area contributed by atoms with Crippen LogP contribution in [-0.2, 0) is 4.74 Å². The van der Waals surface area contributed by atoms with Crippen molar-refractivity contribution in [1.82, 2.24) is 0 Å². The molecule has 0 spiro atoms. The third-order valence-electron chi connectivity index (χ3n) is 4.24. The molecule has 20 heavy (non-hydrogen) atoms. The van der Waals surface area contributed by atoms with Gasteiger partial charge in [0.2, 0.25) is 0 Å². The van der Waals surface area contributed by atoms with E-state index in [-0.39, 0.29) is 24.0 Å². The van der Waals surface area contributed by atoms with Crippen LogP contribution in [0.15, 0.2) is 16.6 Å². The quantitative estimate of drug-likeness (QED) is 0.874. The standard InChI is InChI=1S/C15H20BrClO3/c1-7-8(2)20-9(3)13(7)14(18)11-5-10(17)6-12(16)15(11)19-4/h5-9,13-14,18H,1-4H3. The molecule has 112 valence electrons. The molecule has 1 heterocycles. The van der Waals surface area contributed by atoms with Gasteiger partial charge in [0.25, 0.3) is 0 Å². The van der Waals surface area contributed by atoms with E-state index in [0.29, 0.717) is 16.3 Å². The van der Waals surface area contributed by atoms with Crippen molar-refractivity contribution in [2.24, 2.45) is 11.8 Å². The SMILES string of the molecule is COc1c(Br)cc(Cl)cc1C(O)C1C(C)OC(C)C1C. The minimum atomic E-state index is -0.671. The number of rotatable bonds is 3. The Balaban J connectivity index is 2.41. The Hall–Kier alpha value is -0.290. The molecule has 0 amide bonds. The molecule has 5 unspecified atom stereocenters. The zero-order chi connectivity index (χ0) is 15.0. The van der Waals surface area contributed by atoms with Gasteiger partial charge in [-0.25, -0.2) is 0 Å². The van der Waals surface area contributed by atoms with Crippen molar-refractivity contribution in [2.75, 3.05) is 7.11 Å². The fraction of sp³-hybridized carbons (Fsp3) is 0.600. The zero-order valence-electron chi connectivity index (χ0n) is 12.1. The Kier molecular flexibility index (Phi) is 5.00. The van der Waals surface area contributed by atoms with Crippen LogP contribution in [0.2, 0.25) is 5.02 Å². The number of aliphatic hydroxyl groups is 1. The summed E-state index contributed by atoms with van der Waals surface area (Å²) in [5.41, 5.74) is 0.702. The molecule has 0 radical (unpaired) electrons. The van der Waals surface area contributed by atoms with Crippen LogP contribution < -0.4 is 4.74 Å². The Bertz CT molecular complexity index is 494. The maximum Gasteiger partial charge on any atom is 0.138 e. The maximum atomic E-state index is 10.8. The van der Waals surface area contributed by atoms with Gasteiger partial charge in [-0.2, -0.15) is 0 Å². The molecule has 1 fully saturated rings. The zero-order valence-corrected chi connectivity index (χ0v) is 14.4. The lowest BCUT2D eigenvalue weighted by Crippen LogP contribution is -2.25. The van der Waals surface area contributed by atoms with Crippen LogP contribution in [0.1, 0.15) is 32.4 Å². The molecular formula is C15H20BrClO3. The van der Waals surface area contributed by atoms with Crippen molar-refractivity contribution in [1.29, 1.82) is 0 Å². The molecule has 1 N–H and O–H groups in total. The Morgan fingerprint density at radius 3 is 2.45 bits per heavy atom. The fourth-order valence-electron chi connectivity index (χ4n) is 3.06. The van der Waals surface area contributed by atoms with Crippen LogP contribution in [0, 0.1) is 11.8 Å². The van der Waals surface area contributed by atoms with Gasteiger partial charge in [0.1, 0.15) is 5.75 Å². The first-order valence-electron chi connectivity index (χ1n) is 6.73. The molecule has 5 heteroatoms. The maximum absolute atomic E-state index is 10.8. The first-order chi connectivity index (χ1) is 9.36. The van der Waals surface area contributed by atoms with Crippen molar-refractivity contribution in [2.45, 2.75) is 39.1 Å². The molecule has 0 aromatic heterocycles. The van der Waals surface area contributed by atoms with Gasteiger partial charge in [-0.05, 0) is 47.8 Å². The molecule has 0 bridgehead atoms. The Morgan fingerprint density at radius 1 is 1.30 bits per heavy atom. The number of halogens is 2. The van der Waals surface area contributed by atoms with Gasteiger partial charge >= 0.3 is 0 Å². The van der Waals surface area contributed by atoms with Crippen LogP contribution in [0.3, 0.4) is 0 Å². The average molecular weight is 364 g/mol. The smallest absolute Gasteiger partial charge is 0.138 e. The topological polar surface area (TPSA) is 38.7 Å². The first kappa shape index (κ1) is 16.1. The van der Waals surface area contributed by atoms with Gasteiger partial charge in [0.05, 0.1) is 29.9 Å². The summed E-state index contributed by atoms with van der Waals surface area (Å²) in [7, 11) is 1.59. The third kappa shape index (κ3) is 2.84. The van der Waals surface area contributed by atoms with Crippen LogP contribution in [0.5, 0.6) is 5.75 Å². The number of benzene rings is 1. The number of aliphatic hydroxyl groups excluding tert-OH is 1. The van der Waals surface area contributed by atoms with Crippen molar-refractivity contribution in [3.63, 3.8) is 0 Å². The highest BCUT2D eigenvalue weighted by Gasteiger charge is 2.42. The highest BCUT2D eigenvalue weighted by atomic mass is 79.9. The van der Waals surface area contributed by atoms with Gasteiger partial charge in [0.15, 0.2) is 0 Å².